The van der Waals surface area contributed by atoms with Gasteiger partial charge in [-0.1, -0.05) is 17.7 Å². The summed E-state index contributed by atoms with van der Waals surface area (Å²) < 4.78 is 7.43. The Morgan fingerprint density at radius 2 is 2.09 bits per heavy atom. The molecule has 6 heteroatoms. The standard InChI is InChI=1S/C17H13ClN4O/c18-12-3-1-4-13(7-12)21-17-8-16-15(9-19-17)20-11-22(16)10-14-5-2-6-23-14/h1-9,11H,10H2,(H,19,21). The number of furan rings is 1. The zero-order valence-electron chi connectivity index (χ0n) is 12.1. The fraction of sp³-hybridized carbons (Fsp3) is 0.0588. The minimum absolute atomic E-state index is 0.629. The van der Waals surface area contributed by atoms with Crippen molar-refractivity contribution in [3.63, 3.8) is 0 Å². The molecule has 0 aliphatic rings. The van der Waals surface area contributed by atoms with Crippen LogP contribution in [-0.2, 0) is 6.54 Å². The van der Waals surface area contributed by atoms with Gasteiger partial charge in [-0.05, 0) is 30.3 Å². The molecule has 3 aromatic heterocycles. The molecule has 0 spiro atoms. The number of hydrogen-bond acceptors (Lipinski definition) is 4. The van der Waals surface area contributed by atoms with E-state index in [2.05, 4.69) is 15.3 Å². The second-order valence-corrected chi connectivity index (χ2v) is 5.58. The zero-order chi connectivity index (χ0) is 15.6. The molecule has 0 saturated carbocycles. The van der Waals surface area contributed by atoms with Gasteiger partial charge in [-0.25, -0.2) is 9.97 Å². The number of nitrogens with one attached hydrogen (secondary N) is 1. The Kier molecular flexibility index (Phi) is 3.48. The number of anilines is 2. The van der Waals surface area contributed by atoms with Crippen molar-refractivity contribution in [2.45, 2.75) is 6.54 Å². The average Bonchev–Trinajstić information content (AvgIpc) is 3.18. The quantitative estimate of drug-likeness (QED) is 0.601. The third-order valence-corrected chi connectivity index (χ3v) is 3.75. The monoisotopic (exact) mass is 324 g/mol. The molecule has 0 saturated heterocycles. The Hall–Kier alpha value is -2.79. The maximum atomic E-state index is 6.01. The highest BCUT2D eigenvalue weighted by Gasteiger charge is 2.07. The van der Waals surface area contributed by atoms with Gasteiger partial charge in [0.05, 0.1) is 30.8 Å². The van der Waals surface area contributed by atoms with E-state index in [0.29, 0.717) is 11.6 Å². The molecule has 114 valence electrons. The lowest BCUT2D eigenvalue weighted by molar-refractivity contribution is 0.496. The van der Waals surface area contributed by atoms with E-state index in [1.165, 1.54) is 0 Å². The molecule has 0 amide bonds. The number of imidazole rings is 1. The topological polar surface area (TPSA) is 55.9 Å². The van der Waals surface area contributed by atoms with Gasteiger partial charge < -0.3 is 14.3 Å². The van der Waals surface area contributed by atoms with E-state index >= 15 is 0 Å². The Morgan fingerprint density at radius 3 is 2.91 bits per heavy atom. The summed E-state index contributed by atoms with van der Waals surface area (Å²) in [6.45, 7) is 0.629. The first-order valence-electron chi connectivity index (χ1n) is 7.14. The van der Waals surface area contributed by atoms with E-state index in [4.69, 9.17) is 16.0 Å². The predicted octanol–water partition coefficient (Wildman–Crippen LogP) is 4.47. The summed E-state index contributed by atoms with van der Waals surface area (Å²) in [4.78, 5) is 8.76. The molecular formula is C17H13ClN4O. The van der Waals surface area contributed by atoms with Gasteiger partial charge in [0.1, 0.15) is 17.1 Å². The number of halogens is 1. The van der Waals surface area contributed by atoms with Crippen molar-refractivity contribution < 1.29 is 4.42 Å². The van der Waals surface area contributed by atoms with Crippen LogP contribution in [0.15, 0.2) is 65.7 Å². The number of fused-ring (bicyclic) bond motifs is 1. The fourth-order valence-electron chi connectivity index (χ4n) is 2.44. The smallest absolute Gasteiger partial charge is 0.132 e. The lowest BCUT2D eigenvalue weighted by Gasteiger charge is -2.07. The first-order valence-corrected chi connectivity index (χ1v) is 7.51. The van der Waals surface area contributed by atoms with Crippen LogP contribution in [0.25, 0.3) is 11.0 Å². The lowest BCUT2D eigenvalue weighted by atomic mass is 10.3. The Bertz CT molecular complexity index is 946. The first kappa shape index (κ1) is 13.8. The molecule has 0 radical (unpaired) electrons. The second kappa shape index (κ2) is 5.78. The number of aromatic nitrogens is 3. The van der Waals surface area contributed by atoms with Crippen LogP contribution < -0.4 is 5.32 Å². The summed E-state index contributed by atoms with van der Waals surface area (Å²) in [5, 5.41) is 3.93. The molecule has 0 bridgehead atoms. The third kappa shape index (κ3) is 2.91. The van der Waals surface area contributed by atoms with Crippen LogP contribution in [0.5, 0.6) is 0 Å². The summed E-state index contributed by atoms with van der Waals surface area (Å²) in [5.41, 5.74) is 2.72. The molecule has 4 rings (SSSR count). The van der Waals surface area contributed by atoms with Crippen molar-refractivity contribution in [3.8, 4) is 0 Å². The van der Waals surface area contributed by atoms with Gasteiger partial charge in [0.15, 0.2) is 0 Å². The molecule has 4 aromatic rings. The van der Waals surface area contributed by atoms with Crippen molar-refractivity contribution in [2.75, 3.05) is 5.32 Å². The highest BCUT2D eigenvalue weighted by Crippen LogP contribution is 2.22. The lowest BCUT2D eigenvalue weighted by Crippen LogP contribution is -1.98. The number of benzene rings is 1. The normalized spacial score (nSPS) is 11.0. The van der Waals surface area contributed by atoms with Gasteiger partial charge in [0.2, 0.25) is 0 Å². The summed E-state index contributed by atoms with van der Waals surface area (Å²) in [6.07, 6.45) is 5.21. The molecule has 1 aromatic carbocycles. The minimum Gasteiger partial charge on any atom is -0.467 e. The summed E-state index contributed by atoms with van der Waals surface area (Å²) in [7, 11) is 0. The number of pyridine rings is 1. The van der Waals surface area contributed by atoms with Crippen molar-refractivity contribution in [3.05, 3.63) is 72.0 Å². The first-order chi connectivity index (χ1) is 11.3. The van der Waals surface area contributed by atoms with E-state index in [1.54, 1.807) is 18.8 Å². The van der Waals surface area contributed by atoms with Crippen LogP contribution >= 0.6 is 11.6 Å². The summed E-state index contributed by atoms with van der Waals surface area (Å²) in [5.74, 6) is 1.62. The fourth-order valence-corrected chi connectivity index (χ4v) is 2.63. The molecule has 3 heterocycles. The Labute approximate surface area is 137 Å². The summed E-state index contributed by atoms with van der Waals surface area (Å²) >= 11 is 6.01. The van der Waals surface area contributed by atoms with E-state index < -0.39 is 0 Å². The van der Waals surface area contributed by atoms with Crippen LogP contribution in [-0.4, -0.2) is 14.5 Å². The van der Waals surface area contributed by atoms with Crippen LogP contribution in [0, 0.1) is 0 Å². The van der Waals surface area contributed by atoms with Gasteiger partial charge in [-0.3, -0.25) is 0 Å². The molecule has 0 atom stereocenters. The maximum absolute atomic E-state index is 6.01. The molecule has 0 aliphatic heterocycles. The SMILES string of the molecule is Clc1cccc(Nc2cc3c(cn2)ncn3Cc2ccco2)c1. The van der Waals surface area contributed by atoms with Crippen molar-refractivity contribution in [1.82, 2.24) is 14.5 Å². The molecule has 0 fully saturated rings. The second-order valence-electron chi connectivity index (χ2n) is 5.15. The zero-order valence-corrected chi connectivity index (χ0v) is 12.9. The van der Waals surface area contributed by atoms with Crippen molar-refractivity contribution in [1.29, 1.82) is 0 Å². The molecular weight excluding hydrogens is 312 g/mol. The molecule has 5 nitrogen and oxygen atoms in total. The van der Waals surface area contributed by atoms with Crippen LogP contribution in [0.1, 0.15) is 5.76 Å². The molecule has 0 unspecified atom stereocenters. The van der Waals surface area contributed by atoms with Crippen LogP contribution in [0.4, 0.5) is 11.5 Å². The number of rotatable bonds is 4. The van der Waals surface area contributed by atoms with Crippen LogP contribution in [0.3, 0.4) is 0 Å². The van der Waals surface area contributed by atoms with Crippen molar-refractivity contribution >= 4 is 34.1 Å². The largest absolute Gasteiger partial charge is 0.467 e. The van der Waals surface area contributed by atoms with E-state index in [-0.39, 0.29) is 0 Å². The molecule has 1 N–H and O–H groups in total. The van der Waals surface area contributed by atoms with Crippen molar-refractivity contribution in [2.24, 2.45) is 0 Å². The van der Waals surface area contributed by atoms with Crippen LogP contribution in [0.2, 0.25) is 5.02 Å². The average molecular weight is 325 g/mol. The maximum Gasteiger partial charge on any atom is 0.132 e. The summed E-state index contributed by atoms with van der Waals surface area (Å²) in [6, 6.07) is 13.3. The Morgan fingerprint density at radius 1 is 1.13 bits per heavy atom. The van der Waals surface area contributed by atoms with E-state index in [9.17, 15) is 0 Å². The minimum atomic E-state index is 0.629. The highest BCUT2D eigenvalue weighted by molar-refractivity contribution is 6.30. The van der Waals surface area contributed by atoms with Gasteiger partial charge in [-0.2, -0.15) is 0 Å². The van der Waals surface area contributed by atoms with Gasteiger partial charge >= 0.3 is 0 Å². The molecule has 0 aliphatic carbocycles. The molecule has 23 heavy (non-hydrogen) atoms. The number of hydrogen-bond donors (Lipinski definition) is 1. The van der Waals surface area contributed by atoms with E-state index in [1.807, 2.05) is 47.0 Å². The number of nitrogens with zero attached hydrogens (tertiary/aromatic N) is 3. The Balaban J connectivity index is 1.66. The van der Waals surface area contributed by atoms with Gasteiger partial charge in [0.25, 0.3) is 0 Å². The van der Waals surface area contributed by atoms with E-state index in [0.717, 1.165) is 28.3 Å². The third-order valence-electron chi connectivity index (χ3n) is 3.51. The predicted molar refractivity (Wildman–Crippen MR) is 90.1 cm³/mol. The highest BCUT2D eigenvalue weighted by atomic mass is 35.5. The van der Waals surface area contributed by atoms with Gasteiger partial charge in [0, 0.05) is 16.8 Å². The van der Waals surface area contributed by atoms with Gasteiger partial charge in [-0.15, -0.1) is 0 Å².